The van der Waals surface area contributed by atoms with E-state index in [4.69, 9.17) is 11.6 Å². The molecule has 0 spiro atoms. The molecule has 41 heavy (non-hydrogen) atoms. The number of rotatable bonds is 13. The van der Waals surface area contributed by atoms with Gasteiger partial charge in [-0.15, -0.1) is 0 Å². The van der Waals surface area contributed by atoms with Crippen molar-refractivity contribution in [3.63, 3.8) is 0 Å². The van der Waals surface area contributed by atoms with Crippen LogP contribution in [0.1, 0.15) is 43.4 Å². The van der Waals surface area contributed by atoms with Crippen molar-refractivity contribution in [3.05, 3.63) is 99.0 Å². The van der Waals surface area contributed by atoms with E-state index >= 15 is 0 Å². The lowest BCUT2D eigenvalue weighted by atomic mass is 10.0. The lowest BCUT2D eigenvalue weighted by Gasteiger charge is -2.32. The molecule has 0 saturated heterocycles. The molecule has 0 aliphatic heterocycles. The van der Waals surface area contributed by atoms with Gasteiger partial charge in [0, 0.05) is 41.5 Å². The molecule has 0 heterocycles. The van der Waals surface area contributed by atoms with Gasteiger partial charge in [-0.05, 0) is 68.1 Å². The molecule has 3 aromatic carbocycles. The molecule has 0 aliphatic rings. The van der Waals surface area contributed by atoms with Crippen molar-refractivity contribution in [2.24, 2.45) is 0 Å². The highest BCUT2D eigenvalue weighted by Crippen LogP contribution is 2.28. The Hall–Kier alpha value is -2.88. The highest BCUT2D eigenvalue weighted by atomic mass is 79.9. The number of benzene rings is 3. The summed E-state index contributed by atoms with van der Waals surface area (Å²) in [6, 6.07) is 21.5. The number of halogens is 2. The van der Waals surface area contributed by atoms with Crippen LogP contribution < -0.4 is 9.62 Å². The summed E-state index contributed by atoms with van der Waals surface area (Å²) in [5, 5.41) is 3.45. The maximum Gasteiger partial charge on any atom is 0.243 e. The second kappa shape index (κ2) is 14.8. The van der Waals surface area contributed by atoms with Crippen LogP contribution in [0.3, 0.4) is 0 Å². The Kier molecular flexibility index (Phi) is 11.8. The molecule has 3 aromatic rings. The molecule has 220 valence electrons. The normalized spacial score (nSPS) is 12.2. The molecule has 0 bridgehead atoms. The fourth-order valence-corrected chi connectivity index (χ4v) is 6.25. The first-order valence-corrected chi connectivity index (χ1v) is 16.5. The van der Waals surface area contributed by atoms with Crippen molar-refractivity contribution in [2.45, 2.75) is 58.7 Å². The molecular formula is C31H37BrClN3O4S. The molecule has 0 aliphatic carbocycles. The van der Waals surface area contributed by atoms with Crippen molar-refractivity contribution in [1.29, 1.82) is 0 Å². The predicted octanol–water partition coefficient (Wildman–Crippen LogP) is 6.12. The Morgan fingerprint density at radius 1 is 0.976 bits per heavy atom. The summed E-state index contributed by atoms with van der Waals surface area (Å²) < 4.78 is 27.6. The van der Waals surface area contributed by atoms with Crippen LogP contribution in [0.5, 0.6) is 0 Å². The standard InChI is InChI=1S/C31H37BrClN3O4S/c1-22(2)34-31(38)29(20-24-11-6-5-7-12-24)35(21-25-13-8-14-26(32)19-25)30(37)17-10-18-36(41(4,39)40)28-16-9-15-27(33)23(28)3/h5-9,11-16,19,22,29H,10,17-18,20-21H2,1-4H3,(H,34,38)/t29-/m0/s1. The van der Waals surface area contributed by atoms with Gasteiger partial charge in [0.15, 0.2) is 0 Å². The summed E-state index contributed by atoms with van der Waals surface area (Å²) in [6.07, 6.45) is 1.80. The minimum absolute atomic E-state index is 0.0554. The first kappa shape index (κ1) is 32.6. The largest absolute Gasteiger partial charge is 0.352 e. The van der Waals surface area contributed by atoms with E-state index in [1.807, 2.05) is 68.4 Å². The van der Waals surface area contributed by atoms with Crippen LogP contribution in [-0.2, 0) is 32.6 Å². The monoisotopic (exact) mass is 661 g/mol. The van der Waals surface area contributed by atoms with E-state index in [2.05, 4.69) is 21.2 Å². The smallest absolute Gasteiger partial charge is 0.243 e. The molecule has 7 nitrogen and oxygen atoms in total. The highest BCUT2D eigenvalue weighted by Gasteiger charge is 2.31. The van der Waals surface area contributed by atoms with Gasteiger partial charge in [0.05, 0.1) is 11.9 Å². The fraction of sp³-hybridized carbons (Fsp3) is 0.355. The van der Waals surface area contributed by atoms with Gasteiger partial charge >= 0.3 is 0 Å². The SMILES string of the molecule is Cc1c(Cl)cccc1N(CCCC(=O)N(Cc1cccc(Br)c1)[C@@H](Cc1ccccc1)C(=O)NC(C)C)S(C)(=O)=O. The summed E-state index contributed by atoms with van der Waals surface area (Å²) >= 11 is 9.76. The third-order valence-corrected chi connectivity index (χ3v) is 8.69. The maximum atomic E-state index is 13.9. The van der Waals surface area contributed by atoms with E-state index in [1.54, 1.807) is 30.0 Å². The fourth-order valence-electron chi connectivity index (χ4n) is 4.62. The lowest BCUT2D eigenvalue weighted by molar-refractivity contribution is -0.141. The number of hydrogen-bond donors (Lipinski definition) is 1. The number of hydrogen-bond acceptors (Lipinski definition) is 4. The average Bonchev–Trinajstić information content (AvgIpc) is 2.90. The third-order valence-electron chi connectivity index (χ3n) is 6.60. The Balaban J connectivity index is 1.90. The quantitative estimate of drug-likeness (QED) is 0.239. The molecule has 2 amide bonds. The third kappa shape index (κ3) is 9.58. The van der Waals surface area contributed by atoms with E-state index in [-0.39, 0.29) is 43.8 Å². The van der Waals surface area contributed by atoms with Crippen LogP contribution in [-0.4, -0.2) is 50.0 Å². The second-order valence-electron chi connectivity index (χ2n) is 10.3. The lowest BCUT2D eigenvalue weighted by Crippen LogP contribution is -2.51. The summed E-state index contributed by atoms with van der Waals surface area (Å²) in [6.45, 7) is 5.86. The predicted molar refractivity (Wildman–Crippen MR) is 170 cm³/mol. The van der Waals surface area contributed by atoms with Gasteiger partial charge in [0.1, 0.15) is 6.04 Å². The number of carbonyl (C=O) groups is 2. The number of amides is 2. The van der Waals surface area contributed by atoms with E-state index in [9.17, 15) is 18.0 Å². The summed E-state index contributed by atoms with van der Waals surface area (Å²) in [4.78, 5) is 29.0. The molecule has 0 aromatic heterocycles. The Morgan fingerprint density at radius 2 is 1.63 bits per heavy atom. The molecule has 0 radical (unpaired) electrons. The highest BCUT2D eigenvalue weighted by molar-refractivity contribution is 9.10. The molecule has 0 fully saturated rings. The van der Waals surface area contributed by atoms with Crippen LogP contribution in [0.15, 0.2) is 77.3 Å². The molecule has 0 saturated carbocycles. The minimum Gasteiger partial charge on any atom is -0.352 e. The van der Waals surface area contributed by atoms with Gasteiger partial charge in [-0.2, -0.15) is 0 Å². The van der Waals surface area contributed by atoms with Gasteiger partial charge < -0.3 is 10.2 Å². The van der Waals surface area contributed by atoms with Crippen molar-refractivity contribution in [1.82, 2.24) is 10.2 Å². The first-order chi connectivity index (χ1) is 19.4. The zero-order valence-electron chi connectivity index (χ0n) is 23.8. The van der Waals surface area contributed by atoms with Crippen LogP contribution in [0, 0.1) is 6.92 Å². The summed E-state index contributed by atoms with van der Waals surface area (Å²) in [5.41, 5.74) is 2.94. The number of nitrogens with one attached hydrogen (secondary N) is 1. The van der Waals surface area contributed by atoms with Crippen LogP contribution in [0.2, 0.25) is 5.02 Å². The van der Waals surface area contributed by atoms with Gasteiger partial charge in [0.25, 0.3) is 0 Å². The van der Waals surface area contributed by atoms with Crippen LogP contribution in [0.25, 0.3) is 0 Å². The number of carbonyl (C=O) groups excluding carboxylic acids is 2. The van der Waals surface area contributed by atoms with Gasteiger partial charge in [0.2, 0.25) is 21.8 Å². The van der Waals surface area contributed by atoms with E-state index < -0.39 is 16.1 Å². The average molecular weight is 663 g/mol. The summed E-state index contributed by atoms with van der Waals surface area (Å²) in [5.74, 6) is -0.472. The van der Waals surface area contributed by atoms with Crippen molar-refractivity contribution < 1.29 is 18.0 Å². The summed E-state index contributed by atoms with van der Waals surface area (Å²) in [7, 11) is -3.63. The Bertz CT molecular complexity index is 1450. The maximum absolute atomic E-state index is 13.9. The van der Waals surface area contributed by atoms with Crippen LogP contribution in [0.4, 0.5) is 5.69 Å². The van der Waals surface area contributed by atoms with Crippen molar-refractivity contribution in [3.8, 4) is 0 Å². The van der Waals surface area contributed by atoms with E-state index in [0.717, 1.165) is 21.9 Å². The van der Waals surface area contributed by atoms with Gasteiger partial charge in [-0.25, -0.2) is 8.42 Å². The van der Waals surface area contributed by atoms with E-state index in [1.165, 1.54) is 4.31 Å². The molecule has 10 heteroatoms. The second-order valence-corrected chi connectivity index (χ2v) is 13.6. The zero-order valence-corrected chi connectivity index (χ0v) is 27.0. The minimum atomic E-state index is -3.63. The molecular weight excluding hydrogens is 626 g/mol. The van der Waals surface area contributed by atoms with Gasteiger partial charge in [-0.1, -0.05) is 76.1 Å². The van der Waals surface area contributed by atoms with Gasteiger partial charge in [-0.3, -0.25) is 13.9 Å². The molecule has 3 rings (SSSR count). The Labute approximate surface area is 257 Å². The number of anilines is 1. The molecule has 0 unspecified atom stereocenters. The Morgan fingerprint density at radius 3 is 2.27 bits per heavy atom. The first-order valence-electron chi connectivity index (χ1n) is 13.5. The number of nitrogens with zero attached hydrogens (tertiary/aromatic N) is 2. The van der Waals surface area contributed by atoms with E-state index in [0.29, 0.717) is 22.7 Å². The molecule has 1 N–H and O–H groups in total. The zero-order chi connectivity index (χ0) is 30.2. The topological polar surface area (TPSA) is 86.8 Å². The number of sulfonamides is 1. The van der Waals surface area contributed by atoms with Crippen molar-refractivity contribution in [2.75, 3.05) is 17.1 Å². The molecule has 1 atom stereocenters. The van der Waals surface area contributed by atoms with Crippen molar-refractivity contribution >= 4 is 55.1 Å². The van der Waals surface area contributed by atoms with Crippen LogP contribution >= 0.6 is 27.5 Å².